The summed E-state index contributed by atoms with van der Waals surface area (Å²) < 4.78 is 13.9. The Hall–Kier alpha value is -2.41. The summed E-state index contributed by atoms with van der Waals surface area (Å²) in [5.74, 6) is 0.252. The van der Waals surface area contributed by atoms with Crippen molar-refractivity contribution in [1.29, 1.82) is 5.26 Å². The van der Waals surface area contributed by atoms with E-state index < -0.39 is 0 Å². The van der Waals surface area contributed by atoms with Gasteiger partial charge < -0.3 is 5.32 Å². The number of nitrogens with one attached hydrogen (secondary N) is 1. The smallest absolute Gasteiger partial charge is 0.144 e. The second-order valence-electron chi connectivity index (χ2n) is 4.54. The van der Waals surface area contributed by atoms with Crippen molar-refractivity contribution in [3.8, 4) is 17.2 Å². The van der Waals surface area contributed by atoms with Crippen molar-refractivity contribution in [2.45, 2.75) is 20.3 Å². The summed E-state index contributed by atoms with van der Waals surface area (Å²) in [4.78, 5) is 4.40. The van der Waals surface area contributed by atoms with Crippen LogP contribution in [0.3, 0.4) is 0 Å². The fourth-order valence-corrected chi connectivity index (χ4v) is 2.02. The zero-order valence-corrected chi connectivity index (χ0v) is 11.6. The molecule has 0 bridgehead atoms. The van der Waals surface area contributed by atoms with Gasteiger partial charge in [-0.1, -0.05) is 25.1 Å². The maximum Gasteiger partial charge on any atom is 0.144 e. The summed E-state index contributed by atoms with van der Waals surface area (Å²) in [6, 6.07) is 10.3. The molecule has 2 rings (SSSR count). The van der Waals surface area contributed by atoms with Gasteiger partial charge in [0.05, 0.1) is 5.56 Å². The molecule has 1 N–H and O–H groups in total. The van der Waals surface area contributed by atoms with Crippen molar-refractivity contribution in [2.75, 3.05) is 11.9 Å². The molecule has 4 heteroatoms. The van der Waals surface area contributed by atoms with Gasteiger partial charge in [-0.25, -0.2) is 9.37 Å². The number of nitrogens with zero attached hydrogens (tertiary/aromatic N) is 2. The van der Waals surface area contributed by atoms with Crippen LogP contribution in [0.4, 0.5) is 10.2 Å². The number of aryl methyl sites for hydroxylation is 1. The lowest BCUT2D eigenvalue weighted by atomic mass is 10.0. The van der Waals surface area contributed by atoms with E-state index in [9.17, 15) is 9.65 Å². The van der Waals surface area contributed by atoms with Crippen LogP contribution in [-0.2, 0) is 0 Å². The molecule has 0 spiro atoms. The zero-order valence-electron chi connectivity index (χ0n) is 11.6. The molecule has 0 saturated carbocycles. The van der Waals surface area contributed by atoms with Gasteiger partial charge in [-0.2, -0.15) is 5.26 Å². The zero-order chi connectivity index (χ0) is 14.5. The largest absolute Gasteiger partial charge is 0.369 e. The number of halogens is 1. The third kappa shape index (κ3) is 2.77. The van der Waals surface area contributed by atoms with Crippen LogP contribution in [0.1, 0.15) is 24.6 Å². The second kappa shape index (κ2) is 6.16. The van der Waals surface area contributed by atoms with E-state index in [0.29, 0.717) is 28.2 Å². The lowest BCUT2D eigenvalue weighted by Crippen LogP contribution is -2.06. The summed E-state index contributed by atoms with van der Waals surface area (Å²) >= 11 is 0. The van der Waals surface area contributed by atoms with E-state index in [2.05, 4.69) is 16.4 Å². The Kier molecular flexibility index (Phi) is 4.31. The van der Waals surface area contributed by atoms with E-state index in [4.69, 9.17) is 0 Å². The van der Waals surface area contributed by atoms with Gasteiger partial charge in [0, 0.05) is 23.4 Å². The number of pyridine rings is 1. The average molecular weight is 269 g/mol. The van der Waals surface area contributed by atoms with Gasteiger partial charge in [0.1, 0.15) is 17.7 Å². The van der Waals surface area contributed by atoms with E-state index in [1.54, 1.807) is 24.3 Å². The van der Waals surface area contributed by atoms with Crippen molar-refractivity contribution in [3.05, 3.63) is 47.4 Å². The Bertz CT molecular complexity index is 659. The molecule has 0 amide bonds. The van der Waals surface area contributed by atoms with Gasteiger partial charge in [0.15, 0.2) is 0 Å². The fourth-order valence-electron chi connectivity index (χ4n) is 2.02. The summed E-state index contributed by atoms with van der Waals surface area (Å²) in [7, 11) is 0. The highest BCUT2D eigenvalue weighted by Crippen LogP contribution is 2.28. The third-order valence-electron chi connectivity index (χ3n) is 3.04. The molecule has 102 valence electrons. The minimum atomic E-state index is -0.310. The minimum absolute atomic E-state index is 0.310. The van der Waals surface area contributed by atoms with Gasteiger partial charge in [0.25, 0.3) is 0 Å². The molecule has 0 aliphatic rings. The van der Waals surface area contributed by atoms with E-state index in [0.717, 1.165) is 13.0 Å². The molecule has 0 unspecified atom stereocenters. The predicted octanol–water partition coefficient (Wildman–Crippen LogP) is 3.89. The number of aromatic nitrogens is 1. The number of anilines is 1. The van der Waals surface area contributed by atoms with Crippen LogP contribution >= 0.6 is 0 Å². The summed E-state index contributed by atoms with van der Waals surface area (Å²) in [5.41, 5.74) is 2.26. The highest BCUT2D eigenvalue weighted by molar-refractivity contribution is 5.71. The number of nitriles is 1. The van der Waals surface area contributed by atoms with E-state index in [1.807, 2.05) is 13.8 Å². The maximum absolute atomic E-state index is 13.9. The number of rotatable bonds is 4. The minimum Gasteiger partial charge on any atom is -0.369 e. The number of hydrogen-bond acceptors (Lipinski definition) is 3. The Balaban J connectivity index is 2.52. The lowest BCUT2D eigenvalue weighted by molar-refractivity contribution is 0.631. The Morgan fingerprint density at radius 3 is 2.70 bits per heavy atom. The molecule has 1 aromatic heterocycles. The quantitative estimate of drug-likeness (QED) is 0.916. The summed E-state index contributed by atoms with van der Waals surface area (Å²) in [5, 5.41) is 12.3. The number of hydrogen-bond donors (Lipinski definition) is 1. The Morgan fingerprint density at radius 2 is 2.05 bits per heavy atom. The first-order chi connectivity index (χ1) is 9.67. The van der Waals surface area contributed by atoms with Crippen LogP contribution in [0.25, 0.3) is 11.1 Å². The SMILES string of the molecule is CCCNc1nc(C)c(-c2ccccc2F)cc1C#N. The molecule has 0 aliphatic carbocycles. The monoisotopic (exact) mass is 269 g/mol. The topological polar surface area (TPSA) is 48.7 Å². The Morgan fingerprint density at radius 1 is 1.30 bits per heavy atom. The van der Waals surface area contributed by atoms with Crippen LogP contribution in [0.5, 0.6) is 0 Å². The summed E-state index contributed by atoms with van der Waals surface area (Å²) in [6.45, 7) is 4.61. The molecule has 1 heterocycles. The van der Waals surface area contributed by atoms with Gasteiger partial charge >= 0.3 is 0 Å². The normalized spacial score (nSPS) is 10.1. The van der Waals surface area contributed by atoms with Crippen molar-refractivity contribution in [3.63, 3.8) is 0 Å². The highest BCUT2D eigenvalue weighted by atomic mass is 19.1. The molecule has 0 radical (unpaired) electrons. The highest BCUT2D eigenvalue weighted by Gasteiger charge is 2.12. The first-order valence-corrected chi connectivity index (χ1v) is 6.58. The van der Waals surface area contributed by atoms with Gasteiger partial charge in [0.2, 0.25) is 0 Å². The average Bonchev–Trinajstić information content (AvgIpc) is 2.46. The van der Waals surface area contributed by atoms with E-state index >= 15 is 0 Å². The molecule has 0 saturated heterocycles. The molecule has 3 nitrogen and oxygen atoms in total. The van der Waals surface area contributed by atoms with Crippen LogP contribution in [0.15, 0.2) is 30.3 Å². The molecular formula is C16H16FN3. The first-order valence-electron chi connectivity index (χ1n) is 6.58. The molecule has 20 heavy (non-hydrogen) atoms. The van der Waals surface area contributed by atoms with Crippen molar-refractivity contribution >= 4 is 5.82 Å². The van der Waals surface area contributed by atoms with Crippen molar-refractivity contribution in [2.24, 2.45) is 0 Å². The Labute approximate surface area is 118 Å². The summed E-state index contributed by atoms with van der Waals surface area (Å²) in [6.07, 6.45) is 0.945. The van der Waals surface area contributed by atoms with Crippen LogP contribution in [-0.4, -0.2) is 11.5 Å². The standard InChI is InChI=1S/C16H16FN3/c1-3-8-19-16-12(10-18)9-14(11(2)20-16)13-6-4-5-7-15(13)17/h4-7,9H,3,8H2,1-2H3,(H,19,20). The molecule has 2 aromatic rings. The molecule has 0 fully saturated rings. The van der Waals surface area contributed by atoms with Crippen LogP contribution in [0, 0.1) is 24.1 Å². The lowest BCUT2D eigenvalue weighted by Gasteiger charge is -2.12. The van der Waals surface area contributed by atoms with E-state index in [-0.39, 0.29) is 5.82 Å². The fraction of sp³-hybridized carbons (Fsp3) is 0.250. The third-order valence-corrected chi connectivity index (χ3v) is 3.04. The number of benzene rings is 1. The van der Waals surface area contributed by atoms with Gasteiger partial charge in [-0.3, -0.25) is 0 Å². The molecule has 0 atom stereocenters. The van der Waals surface area contributed by atoms with Crippen molar-refractivity contribution < 1.29 is 4.39 Å². The van der Waals surface area contributed by atoms with Crippen molar-refractivity contribution in [1.82, 2.24) is 4.98 Å². The molecule has 1 aromatic carbocycles. The van der Waals surface area contributed by atoms with Crippen LogP contribution in [0.2, 0.25) is 0 Å². The predicted molar refractivity (Wildman–Crippen MR) is 77.9 cm³/mol. The van der Waals surface area contributed by atoms with Crippen LogP contribution < -0.4 is 5.32 Å². The maximum atomic E-state index is 13.9. The molecule has 0 aliphatic heterocycles. The van der Waals surface area contributed by atoms with Gasteiger partial charge in [-0.15, -0.1) is 0 Å². The second-order valence-corrected chi connectivity index (χ2v) is 4.54. The van der Waals surface area contributed by atoms with Gasteiger partial charge in [-0.05, 0) is 25.5 Å². The van der Waals surface area contributed by atoms with E-state index in [1.165, 1.54) is 6.07 Å². The molecular weight excluding hydrogens is 253 g/mol. The first kappa shape index (κ1) is 14.0.